The third-order valence-electron chi connectivity index (χ3n) is 17.0. The van der Waals surface area contributed by atoms with E-state index in [4.69, 9.17) is 15.2 Å². The Morgan fingerprint density at radius 2 is 1.78 bits per heavy atom. The minimum absolute atomic E-state index is 0.0335. The molecule has 1 aromatic rings. The van der Waals surface area contributed by atoms with Crippen molar-refractivity contribution in [3.8, 4) is 0 Å². The quantitative estimate of drug-likeness (QED) is 0.273. The summed E-state index contributed by atoms with van der Waals surface area (Å²) in [5, 5.41) is 24.4. The summed E-state index contributed by atoms with van der Waals surface area (Å²) in [6.07, 6.45) is 7.93. The Balaban J connectivity index is 1.44. The van der Waals surface area contributed by atoms with Crippen LogP contribution < -0.4 is 5.73 Å². The first-order valence-electron chi connectivity index (χ1n) is 19.4. The van der Waals surface area contributed by atoms with Crippen molar-refractivity contribution in [2.75, 3.05) is 39.6 Å². The van der Waals surface area contributed by atoms with Crippen LogP contribution in [0.4, 0.5) is 5.95 Å². The number of rotatable bonds is 8. The van der Waals surface area contributed by atoms with Gasteiger partial charge in [-0.3, -0.25) is 4.79 Å². The van der Waals surface area contributed by atoms with Gasteiger partial charge in [0, 0.05) is 16.4 Å². The Kier molecular flexibility index (Phi) is 9.04. The van der Waals surface area contributed by atoms with Crippen LogP contribution in [0.15, 0.2) is 11.6 Å². The van der Waals surface area contributed by atoms with Crippen LogP contribution in [0.25, 0.3) is 0 Å². The summed E-state index contributed by atoms with van der Waals surface area (Å²) in [6.45, 7) is 27.2. The molecule has 6 rings (SSSR count). The van der Waals surface area contributed by atoms with Crippen LogP contribution >= 0.6 is 0 Å². The van der Waals surface area contributed by atoms with Crippen molar-refractivity contribution in [1.29, 1.82) is 0 Å². The molecule has 4 aliphatic carbocycles. The summed E-state index contributed by atoms with van der Waals surface area (Å²) < 4.78 is 14.0. The second-order valence-corrected chi connectivity index (χ2v) is 20.2. The Morgan fingerprint density at radius 1 is 1.10 bits per heavy atom. The number of aromatic nitrogens is 4. The van der Waals surface area contributed by atoms with Gasteiger partial charge in [0.2, 0.25) is 0 Å². The molecular weight excluding hydrogens is 628 g/mol. The first kappa shape index (κ1) is 37.7. The van der Waals surface area contributed by atoms with E-state index in [2.05, 4.69) is 117 Å². The lowest BCUT2D eigenvalue weighted by Crippen LogP contribution is -2.69. The van der Waals surface area contributed by atoms with Crippen LogP contribution in [-0.2, 0) is 14.3 Å². The highest BCUT2D eigenvalue weighted by atomic mass is 16.5. The second-order valence-electron chi connectivity index (χ2n) is 20.2. The number of carboxylic acids is 1. The SMILES string of the molecule is CC(C)[C@@H](C)[C@@]1(C)CC[C@]2(C)[C@H]3CC[C@@H]4[C@@]5(COC[C@@]4(C)[C@@H](OC[C@@](C)(N(C)C)C(C)(C)C)[C@H](n4nnc(N)n4)C5)C3=CC[C@@]2(C)[C@@H]1C(=O)O. The predicted octanol–water partition coefficient (Wildman–Crippen LogP) is 7.14. The molecule has 3 N–H and O–H groups in total. The van der Waals surface area contributed by atoms with Crippen molar-refractivity contribution in [3.63, 3.8) is 0 Å². The Bertz CT molecular complexity index is 1500. The maximum absolute atomic E-state index is 13.5. The fourth-order valence-corrected chi connectivity index (χ4v) is 12.8. The van der Waals surface area contributed by atoms with E-state index in [9.17, 15) is 9.90 Å². The molecule has 282 valence electrons. The zero-order valence-electron chi connectivity index (χ0n) is 33.5. The summed E-state index contributed by atoms with van der Waals surface area (Å²) in [6, 6.07) is -0.176. The molecule has 5 aliphatic rings. The van der Waals surface area contributed by atoms with E-state index in [1.165, 1.54) is 5.57 Å². The highest BCUT2D eigenvalue weighted by Gasteiger charge is 2.72. The van der Waals surface area contributed by atoms with Gasteiger partial charge in [-0.1, -0.05) is 86.0 Å². The van der Waals surface area contributed by atoms with E-state index in [1.54, 1.807) is 4.80 Å². The molecule has 0 spiro atoms. The molecule has 0 amide bonds. The number of hydrogen-bond acceptors (Lipinski definition) is 8. The second kappa shape index (κ2) is 12.0. The average Bonchev–Trinajstić information content (AvgIpc) is 3.45. The maximum Gasteiger partial charge on any atom is 0.307 e. The molecule has 1 aliphatic heterocycles. The molecule has 0 unspecified atom stereocenters. The smallest absolute Gasteiger partial charge is 0.307 e. The monoisotopic (exact) mass is 697 g/mol. The first-order valence-corrected chi connectivity index (χ1v) is 19.4. The van der Waals surface area contributed by atoms with Crippen LogP contribution in [0.3, 0.4) is 0 Å². The lowest BCUT2D eigenvalue weighted by atomic mass is 9.34. The number of nitrogens with zero attached hydrogens (tertiary/aromatic N) is 5. The fourth-order valence-electron chi connectivity index (χ4n) is 12.8. The standard InChI is InChI=1S/C40H68N6O4/c1-24(2)25(3)35(7)18-19-37(9)26-14-15-29-36(8)21-49-23-40(29,27(26)16-17-38(37,10)30(35)32(47)48)20-28(46-43-33(41)42-44-46)31(36)50-22-39(11,45(12)13)34(4,5)6/h16,24-26,28-31H,14-15,17-23H2,1-13H3,(H2,41,43)(H,47,48)/t25-,26+,28-,29+,30-,31+,35-,36-,37-,38+,39-,40+/m1/s1. The number of carboxylic acid groups (broad SMARTS) is 1. The van der Waals surface area contributed by atoms with Crippen LogP contribution in [0.1, 0.15) is 121 Å². The van der Waals surface area contributed by atoms with Gasteiger partial charge in [0.1, 0.15) is 6.04 Å². The van der Waals surface area contributed by atoms with Gasteiger partial charge < -0.3 is 25.2 Å². The molecule has 10 heteroatoms. The van der Waals surface area contributed by atoms with E-state index in [1.807, 2.05) is 0 Å². The highest BCUT2D eigenvalue weighted by molar-refractivity contribution is 5.73. The van der Waals surface area contributed by atoms with Crippen molar-refractivity contribution < 1.29 is 19.4 Å². The summed E-state index contributed by atoms with van der Waals surface area (Å²) >= 11 is 0. The first-order chi connectivity index (χ1) is 23.0. The van der Waals surface area contributed by atoms with Crippen molar-refractivity contribution in [3.05, 3.63) is 11.6 Å². The minimum atomic E-state index is -0.627. The van der Waals surface area contributed by atoms with Crippen molar-refractivity contribution in [2.45, 2.75) is 132 Å². The molecule has 2 heterocycles. The number of aliphatic carboxylic acids is 1. The van der Waals surface area contributed by atoms with Crippen molar-refractivity contribution in [1.82, 2.24) is 25.1 Å². The number of carbonyl (C=O) groups is 1. The lowest BCUT2D eigenvalue weighted by Gasteiger charge is -2.71. The van der Waals surface area contributed by atoms with Crippen LogP contribution in [-0.4, -0.2) is 81.7 Å². The van der Waals surface area contributed by atoms with Gasteiger partial charge in [0.25, 0.3) is 5.95 Å². The molecule has 10 nitrogen and oxygen atoms in total. The number of hydrogen-bond donors (Lipinski definition) is 2. The predicted molar refractivity (Wildman–Crippen MR) is 196 cm³/mol. The molecule has 12 atom stereocenters. The van der Waals surface area contributed by atoms with Gasteiger partial charge in [-0.2, -0.15) is 4.80 Å². The van der Waals surface area contributed by atoms with Gasteiger partial charge in [0.15, 0.2) is 0 Å². The zero-order valence-corrected chi connectivity index (χ0v) is 33.5. The number of tetrazole rings is 1. The van der Waals surface area contributed by atoms with Gasteiger partial charge in [0.05, 0.1) is 31.8 Å². The van der Waals surface area contributed by atoms with Gasteiger partial charge in [-0.05, 0) is 110 Å². The maximum atomic E-state index is 13.5. The number of likely N-dealkylation sites (N-methyl/N-ethyl adjacent to an activating group) is 1. The fraction of sp³-hybridized carbons (Fsp3) is 0.900. The molecule has 0 radical (unpaired) electrons. The summed E-state index contributed by atoms with van der Waals surface area (Å²) in [5.74, 6) is 0.496. The normalized spacial score (nSPS) is 43.3. The number of anilines is 1. The van der Waals surface area contributed by atoms with Crippen molar-refractivity contribution >= 4 is 11.9 Å². The van der Waals surface area contributed by atoms with E-state index >= 15 is 0 Å². The molecule has 0 aromatic carbocycles. The molecule has 50 heavy (non-hydrogen) atoms. The summed E-state index contributed by atoms with van der Waals surface area (Å²) in [4.78, 5) is 17.5. The van der Waals surface area contributed by atoms with Crippen LogP contribution in [0, 0.1) is 62.1 Å². The molecule has 4 fully saturated rings. The third kappa shape index (κ3) is 5.03. The number of allylic oxidation sites excluding steroid dienone is 1. The minimum Gasteiger partial charge on any atom is -0.481 e. The molecule has 1 saturated heterocycles. The van der Waals surface area contributed by atoms with E-state index in [0.29, 0.717) is 37.6 Å². The number of nitrogens with two attached hydrogens (primary N) is 1. The largest absolute Gasteiger partial charge is 0.481 e. The molecule has 2 bridgehead atoms. The Hall–Kier alpha value is -2.04. The summed E-state index contributed by atoms with van der Waals surface area (Å²) in [5.41, 5.74) is 6.05. The highest BCUT2D eigenvalue weighted by Crippen LogP contribution is 2.75. The van der Waals surface area contributed by atoms with Crippen LogP contribution in [0.2, 0.25) is 0 Å². The number of fused-ring (bicyclic) bond motifs is 3. The Labute approximate surface area is 301 Å². The number of nitrogen functional groups attached to an aromatic ring is 1. The van der Waals surface area contributed by atoms with E-state index in [-0.39, 0.29) is 62.0 Å². The average molecular weight is 697 g/mol. The lowest BCUT2D eigenvalue weighted by molar-refractivity contribution is -0.257. The van der Waals surface area contributed by atoms with Gasteiger partial charge in [-0.15, -0.1) is 5.10 Å². The number of ether oxygens (including phenoxy) is 2. The third-order valence-corrected chi connectivity index (χ3v) is 17.0. The summed E-state index contributed by atoms with van der Waals surface area (Å²) in [7, 11) is 4.28. The molecule has 3 saturated carbocycles. The zero-order chi connectivity index (χ0) is 37.0. The Morgan fingerprint density at radius 3 is 2.34 bits per heavy atom. The van der Waals surface area contributed by atoms with E-state index in [0.717, 1.165) is 38.5 Å². The van der Waals surface area contributed by atoms with Gasteiger partial charge >= 0.3 is 5.97 Å². The molecular formula is C40H68N6O4. The van der Waals surface area contributed by atoms with Crippen LogP contribution in [0.5, 0.6) is 0 Å². The van der Waals surface area contributed by atoms with Crippen molar-refractivity contribution in [2.24, 2.45) is 62.1 Å². The topological polar surface area (TPSA) is 129 Å². The molecule has 1 aromatic heterocycles. The van der Waals surface area contributed by atoms with Gasteiger partial charge in [-0.25, -0.2) is 0 Å². The van der Waals surface area contributed by atoms with E-state index < -0.39 is 11.9 Å².